The van der Waals surface area contributed by atoms with E-state index in [9.17, 15) is 9.90 Å². The molecule has 1 heterocycles. The number of aromatic nitrogens is 1. The van der Waals surface area contributed by atoms with Crippen molar-refractivity contribution in [3.63, 3.8) is 0 Å². The number of hydrogen-bond donors (Lipinski definition) is 2. The number of carbonyl (C=O) groups is 1. The summed E-state index contributed by atoms with van der Waals surface area (Å²) in [4.78, 5) is 16.4. The molecule has 1 saturated carbocycles. The Balaban J connectivity index is 1.50. The van der Waals surface area contributed by atoms with Crippen LogP contribution in [0.1, 0.15) is 38.0 Å². The minimum Gasteiger partial charge on any atom is -0.441 e. The highest BCUT2D eigenvalue weighted by molar-refractivity contribution is 5.76. The van der Waals surface area contributed by atoms with Crippen molar-refractivity contribution in [2.75, 3.05) is 6.61 Å². The number of benzene rings is 1. The first kappa shape index (κ1) is 16.7. The van der Waals surface area contributed by atoms with Crippen LogP contribution in [-0.4, -0.2) is 28.6 Å². The summed E-state index contributed by atoms with van der Waals surface area (Å²) in [6, 6.07) is 9.89. The van der Waals surface area contributed by atoms with E-state index in [1.165, 1.54) is 0 Å². The molecule has 0 aliphatic heterocycles. The summed E-state index contributed by atoms with van der Waals surface area (Å²) in [5.41, 5.74) is 0.980. The Bertz CT molecular complexity index is 654. The first-order valence-corrected chi connectivity index (χ1v) is 8.66. The Hall–Kier alpha value is -2.14. The van der Waals surface area contributed by atoms with Gasteiger partial charge in [0.15, 0.2) is 11.7 Å². The Morgan fingerprint density at radius 3 is 2.83 bits per heavy atom. The first-order chi connectivity index (χ1) is 11.8. The van der Waals surface area contributed by atoms with Gasteiger partial charge in [-0.05, 0) is 12.8 Å². The molecule has 5 nitrogen and oxygen atoms in total. The van der Waals surface area contributed by atoms with E-state index in [0.29, 0.717) is 18.7 Å². The lowest BCUT2D eigenvalue weighted by Gasteiger charge is -2.30. The number of amides is 1. The van der Waals surface area contributed by atoms with Gasteiger partial charge in [0.1, 0.15) is 0 Å². The first-order valence-electron chi connectivity index (χ1n) is 8.66. The molecule has 2 aromatic rings. The lowest BCUT2D eigenvalue weighted by atomic mass is 9.85. The van der Waals surface area contributed by atoms with E-state index in [4.69, 9.17) is 4.42 Å². The highest BCUT2D eigenvalue weighted by Gasteiger charge is 2.25. The number of aliphatic hydroxyl groups is 1. The Morgan fingerprint density at radius 1 is 1.25 bits per heavy atom. The van der Waals surface area contributed by atoms with Crippen molar-refractivity contribution in [1.29, 1.82) is 0 Å². The number of aliphatic hydroxyl groups excluding tert-OH is 1. The molecule has 2 N–H and O–H groups in total. The van der Waals surface area contributed by atoms with Crippen molar-refractivity contribution < 1.29 is 14.3 Å². The monoisotopic (exact) mass is 328 g/mol. The number of hydrogen-bond acceptors (Lipinski definition) is 4. The average Bonchev–Trinajstić information content (AvgIpc) is 3.10. The van der Waals surface area contributed by atoms with Gasteiger partial charge in [-0.1, -0.05) is 43.2 Å². The maximum absolute atomic E-state index is 12.2. The van der Waals surface area contributed by atoms with Crippen LogP contribution in [0.25, 0.3) is 11.3 Å². The van der Waals surface area contributed by atoms with Crippen LogP contribution in [0.5, 0.6) is 0 Å². The number of oxazole rings is 1. The lowest BCUT2D eigenvalue weighted by Crippen LogP contribution is -2.43. The summed E-state index contributed by atoms with van der Waals surface area (Å²) in [6.45, 7) is 0.144. The van der Waals surface area contributed by atoms with Gasteiger partial charge in [0.2, 0.25) is 5.91 Å². The predicted molar refractivity (Wildman–Crippen MR) is 91.2 cm³/mol. The van der Waals surface area contributed by atoms with Crippen molar-refractivity contribution in [2.24, 2.45) is 5.92 Å². The van der Waals surface area contributed by atoms with Crippen LogP contribution in [0, 0.1) is 5.92 Å². The molecule has 1 amide bonds. The fraction of sp³-hybridized carbons (Fsp3) is 0.474. The molecule has 1 aromatic heterocycles. The smallest absolute Gasteiger partial charge is 0.220 e. The van der Waals surface area contributed by atoms with Crippen LogP contribution in [0.15, 0.2) is 40.9 Å². The number of nitrogens with zero attached hydrogens (tertiary/aromatic N) is 1. The van der Waals surface area contributed by atoms with Crippen LogP contribution in [0.4, 0.5) is 0 Å². The fourth-order valence-electron chi connectivity index (χ4n) is 3.28. The van der Waals surface area contributed by atoms with Crippen molar-refractivity contribution >= 4 is 5.91 Å². The Kier molecular flexibility index (Phi) is 5.64. The summed E-state index contributed by atoms with van der Waals surface area (Å²) in [6.07, 6.45) is 6.72. The SMILES string of the molecule is O=C(CCc1ncc(-c2ccccc2)o1)NC1CCCCC1CO. The van der Waals surface area contributed by atoms with Gasteiger partial charge in [-0.15, -0.1) is 0 Å². The standard InChI is InChI=1S/C19H24N2O3/c22-13-15-8-4-5-9-16(15)21-18(23)10-11-19-20-12-17(24-19)14-6-2-1-3-7-14/h1-3,6-7,12,15-16,22H,4-5,8-11,13H2,(H,21,23). The van der Waals surface area contributed by atoms with Gasteiger partial charge in [-0.3, -0.25) is 4.79 Å². The molecule has 0 radical (unpaired) electrons. The zero-order chi connectivity index (χ0) is 16.8. The van der Waals surface area contributed by atoms with Gasteiger partial charge in [0.05, 0.1) is 6.20 Å². The van der Waals surface area contributed by atoms with E-state index in [2.05, 4.69) is 10.3 Å². The molecular weight excluding hydrogens is 304 g/mol. The van der Waals surface area contributed by atoms with Gasteiger partial charge < -0.3 is 14.8 Å². The molecule has 5 heteroatoms. The third-order valence-electron chi connectivity index (χ3n) is 4.67. The molecule has 128 valence electrons. The fourth-order valence-corrected chi connectivity index (χ4v) is 3.28. The van der Waals surface area contributed by atoms with E-state index < -0.39 is 0 Å². The second-order valence-corrected chi connectivity index (χ2v) is 6.39. The highest BCUT2D eigenvalue weighted by Crippen LogP contribution is 2.24. The molecular formula is C19H24N2O3. The van der Waals surface area contributed by atoms with Crippen molar-refractivity contribution in [2.45, 2.75) is 44.6 Å². The third-order valence-corrected chi connectivity index (χ3v) is 4.67. The Morgan fingerprint density at radius 2 is 2.04 bits per heavy atom. The summed E-state index contributed by atoms with van der Waals surface area (Å²) in [5.74, 6) is 1.49. The van der Waals surface area contributed by atoms with E-state index in [-0.39, 0.29) is 24.5 Å². The number of aryl methyl sites for hydroxylation is 1. The van der Waals surface area contributed by atoms with Gasteiger partial charge in [0.25, 0.3) is 0 Å². The third kappa shape index (κ3) is 4.23. The maximum atomic E-state index is 12.2. The van der Waals surface area contributed by atoms with E-state index >= 15 is 0 Å². The molecule has 0 spiro atoms. The minimum atomic E-state index is -0.000175. The summed E-state index contributed by atoms with van der Waals surface area (Å²) >= 11 is 0. The number of nitrogens with one attached hydrogen (secondary N) is 1. The summed E-state index contributed by atoms with van der Waals surface area (Å²) in [5, 5.41) is 12.5. The summed E-state index contributed by atoms with van der Waals surface area (Å²) < 4.78 is 5.72. The van der Waals surface area contributed by atoms with Crippen molar-refractivity contribution in [1.82, 2.24) is 10.3 Å². The van der Waals surface area contributed by atoms with Gasteiger partial charge >= 0.3 is 0 Å². The van der Waals surface area contributed by atoms with Crippen LogP contribution < -0.4 is 5.32 Å². The number of rotatable bonds is 6. The minimum absolute atomic E-state index is 0.000175. The van der Waals surface area contributed by atoms with Gasteiger partial charge in [0, 0.05) is 37.0 Å². The zero-order valence-electron chi connectivity index (χ0n) is 13.8. The Labute approximate surface area is 142 Å². The lowest BCUT2D eigenvalue weighted by molar-refractivity contribution is -0.122. The van der Waals surface area contributed by atoms with Crippen LogP contribution >= 0.6 is 0 Å². The predicted octanol–water partition coefficient (Wildman–Crippen LogP) is 2.94. The largest absolute Gasteiger partial charge is 0.441 e. The molecule has 2 atom stereocenters. The van der Waals surface area contributed by atoms with E-state index in [1.54, 1.807) is 6.20 Å². The zero-order valence-corrected chi connectivity index (χ0v) is 13.8. The molecule has 1 aromatic carbocycles. The second-order valence-electron chi connectivity index (χ2n) is 6.39. The molecule has 2 unspecified atom stereocenters. The van der Waals surface area contributed by atoms with Gasteiger partial charge in [-0.2, -0.15) is 0 Å². The van der Waals surface area contributed by atoms with Crippen molar-refractivity contribution in [3.05, 3.63) is 42.4 Å². The quantitative estimate of drug-likeness (QED) is 0.855. The topological polar surface area (TPSA) is 75.4 Å². The maximum Gasteiger partial charge on any atom is 0.220 e. The average molecular weight is 328 g/mol. The second kappa shape index (κ2) is 8.11. The van der Waals surface area contributed by atoms with Gasteiger partial charge in [-0.25, -0.2) is 4.98 Å². The molecule has 0 bridgehead atoms. The van der Waals surface area contributed by atoms with Crippen molar-refractivity contribution in [3.8, 4) is 11.3 Å². The molecule has 24 heavy (non-hydrogen) atoms. The van der Waals surface area contributed by atoms with E-state index in [1.807, 2.05) is 30.3 Å². The number of carbonyl (C=O) groups excluding carboxylic acids is 1. The highest BCUT2D eigenvalue weighted by atomic mass is 16.4. The molecule has 3 rings (SSSR count). The normalized spacial score (nSPS) is 20.7. The molecule has 1 aliphatic rings. The van der Waals surface area contributed by atoms with Crippen LogP contribution in [-0.2, 0) is 11.2 Å². The van der Waals surface area contributed by atoms with Crippen LogP contribution in [0.3, 0.4) is 0 Å². The molecule has 1 aliphatic carbocycles. The molecule has 1 fully saturated rings. The molecule has 0 saturated heterocycles. The van der Waals surface area contributed by atoms with Crippen LogP contribution in [0.2, 0.25) is 0 Å². The van der Waals surface area contributed by atoms with E-state index in [0.717, 1.165) is 37.0 Å². The summed E-state index contributed by atoms with van der Waals surface area (Å²) in [7, 11) is 0.